The molecule has 1 fully saturated rings. The molecule has 3 atom stereocenters. The molecule has 1 aromatic rings. The van der Waals surface area contributed by atoms with Crippen molar-refractivity contribution in [1.29, 1.82) is 0 Å². The first kappa shape index (κ1) is 15.6. The predicted molar refractivity (Wildman–Crippen MR) is 84.2 cm³/mol. The van der Waals surface area contributed by atoms with E-state index in [0.29, 0.717) is 35.6 Å². The Kier molecular flexibility index (Phi) is 5.04. The molecule has 2 rings (SSSR count). The summed E-state index contributed by atoms with van der Waals surface area (Å²) in [6.07, 6.45) is 5.09. The van der Waals surface area contributed by atoms with E-state index in [9.17, 15) is 4.79 Å². The van der Waals surface area contributed by atoms with E-state index in [0.717, 1.165) is 12.3 Å². The summed E-state index contributed by atoms with van der Waals surface area (Å²) in [6.45, 7) is 6.67. The van der Waals surface area contributed by atoms with Gasteiger partial charge in [-0.3, -0.25) is 0 Å². The number of nitrogens with one attached hydrogen (secondary N) is 1. The summed E-state index contributed by atoms with van der Waals surface area (Å²) in [6, 6.07) is 2.09. The van der Waals surface area contributed by atoms with Crippen molar-refractivity contribution in [3.05, 3.63) is 17.8 Å². The second-order valence-electron chi connectivity index (χ2n) is 6.02. The Morgan fingerprint density at radius 2 is 2.24 bits per heavy atom. The van der Waals surface area contributed by atoms with Gasteiger partial charge in [-0.2, -0.15) is 0 Å². The highest BCUT2D eigenvalue weighted by atomic mass is 16.5. The third-order valence-corrected chi connectivity index (χ3v) is 4.19. The number of nitrogen functional groups attached to an aromatic ring is 1. The Morgan fingerprint density at radius 1 is 1.48 bits per heavy atom. The van der Waals surface area contributed by atoms with Crippen LogP contribution in [0.2, 0.25) is 0 Å². The number of nitrogens with two attached hydrogens (primary N) is 1. The third kappa shape index (κ3) is 3.86. The summed E-state index contributed by atoms with van der Waals surface area (Å²) < 4.78 is 5.01. The number of nitrogens with zero attached hydrogens (tertiary/aromatic N) is 1. The minimum Gasteiger partial charge on any atom is -0.462 e. The molecule has 0 saturated heterocycles. The molecule has 0 aromatic carbocycles. The average Bonchev–Trinajstić information content (AvgIpc) is 2.44. The Labute approximate surface area is 126 Å². The monoisotopic (exact) mass is 291 g/mol. The highest BCUT2D eigenvalue weighted by molar-refractivity contribution is 5.95. The summed E-state index contributed by atoms with van der Waals surface area (Å²) in [4.78, 5) is 16.1. The van der Waals surface area contributed by atoms with E-state index < -0.39 is 5.97 Å². The third-order valence-electron chi connectivity index (χ3n) is 4.19. The van der Waals surface area contributed by atoms with Crippen LogP contribution < -0.4 is 11.1 Å². The van der Waals surface area contributed by atoms with Crippen LogP contribution >= 0.6 is 0 Å². The van der Waals surface area contributed by atoms with Gasteiger partial charge < -0.3 is 15.8 Å². The maximum absolute atomic E-state index is 11.9. The van der Waals surface area contributed by atoms with Gasteiger partial charge in [-0.1, -0.05) is 13.8 Å². The largest absolute Gasteiger partial charge is 0.462 e. The Bertz CT molecular complexity index is 504. The number of hydrogen-bond donors (Lipinski definition) is 2. The first-order valence-electron chi connectivity index (χ1n) is 7.70. The minimum atomic E-state index is -0.397. The number of ether oxygens (including phenoxy) is 1. The van der Waals surface area contributed by atoms with Gasteiger partial charge in [0.05, 0.1) is 24.1 Å². The lowest BCUT2D eigenvalue weighted by atomic mass is 9.80. The van der Waals surface area contributed by atoms with Gasteiger partial charge in [0.1, 0.15) is 5.82 Å². The van der Waals surface area contributed by atoms with E-state index in [1.165, 1.54) is 19.0 Å². The van der Waals surface area contributed by atoms with E-state index in [1.807, 2.05) is 0 Å². The van der Waals surface area contributed by atoms with E-state index in [2.05, 4.69) is 24.1 Å². The van der Waals surface area contributed by atoms with Crippen molar-refractivity contribution < 1.29 is 9.53 Å². The molecule has 1 aliphatic rings. The standard InChI is InChI=1S/C16H25N3O2/c1-4-21-16(20)12-8-15(18-9-13(12)17)19-14-6-5-10(2)7-11(14)3/h8-11,14H,4-7,17H2,1-3H3,(H,18,19). The molecule has 3 N–H and O–H groups in total. The van der Waals surface area contributed by atoms with Gasteiger partial charge in [0.25, 0.3) is 0 Å². The van der Waals surface area contributed by atoms with E-state index in [4.69, 9.17) is 10.5 Å². The van der Waals surface area contributed by atoms with Crippen molar-refractivity contribution in [3.63, 3.8) is 0 Å². The number of pyridine rings is 1. The lowest BCUT2D eigenvalue weighted by Crippen LogP contribution is -2.33. The summed E-state index contributed by atoms with van der Waals surface area (Å²) in [5, 5.41) is 3.44. The fraction of sp³-hybridized carbons (Fsp3) is 0.625. The van der Waals surface area contributed by atoms with Gasteiger partial charge >= 0.3 is 5.97 Å². The zero-order valence-electron chi connectivity index (χ0n) is 13.1. The second kappa shape index (κ2) is 6.78. The van der Waals surface area contributed by atoms with Crippen molar-refractivity contribution in [2.75, 3.05) is 17.7 Å². The number of rotatable bonds is 4. The summed E-state index contributed by atoms with van der Waals surface area (Å²) in [5.74, 6) is 1.68. The van der Waals surface area contributed by atoms with Gasteiger partial charge in [-0.05, 0) is 44.1 Å². The van der Waals surface area contributed by atoms with Crippen molar-refractivity contribution in [2.45, 2.75) is 46.1 Å². The quantitative estimate of drug-likeness (QED) is 0.834. The molecule has 0 spiro atoms. The van der Waals surface area contributed by atoms with E-state index >= 15 is 0 Å². The lowest BCUT2D eigenvalue weighted by molar-refractivity contribution is 0.0527. The van der Waals surface area contributed by atoms with Crippen LogP contribution in [0.25, 0.3) is 0 Å². The molecule has 21 heavy (non-hydrogen) atoms. The smallest absolute Gasteiger partial charge is 0.340 e. The fourth-order valence-corrected chi connectivity index (χ4v) is 3.00. The van der Waals surface area contributed by atoms with E-state index in [1.54, 1.807) is 13.0 Å². The Hall–Kier alpha value is -1.78. The van der Waals surface area contributed by atoms with Gasteiger partial charge in [-0.15, -0.1) is 0 Å². The molecule has 1 heterocycles. The van der Waals surface area contributed by atoms with E-state index in [-0.39, 0.29) is 0 Å². The zero-order chi connectivity index (χ0) is 15.4. The number of anilines is 2. The molecule has 0 aliphatic heterocycles. The maximum Gasteiger partial charge on any atom is 0.340 e. The number of carbonyl (C=O) groups excluding carboxylic acids is 1. The lowest BCUT2D eigenvalue weighted by Gasteiger charge is -2.33. The van der Waals surface area contributed by atoms with Crippen LogP contribution in [0.3, 0.4) is 0 Å². The first-order chi connectivity index (χ1) is 10.0. The summed E-state index contributed by atoms with van der Waals surface area (Å²) in [7, 11) is 0. The van der Waals surface area contributed by atoms with Crippen molar-refractivity contribution in [2.24, 2.45) is 11.8 Å². The molecule has 0 amide bonds. The van der Waals surface area contributed by atoms with Gasteiger partial charge in [0.2, 0.25) is 0 Å². The molecule has 1 aromatic heterocycles. The molecule has 5 nitrogen and oxygen atoms in total. The van der Waals surface area contributed by atoms with Crippen LogP contribution in [0.5, 0.6) is 0 Å². The second-order valence-corrected chi connectivity index (χ2v) is 6.02. The van der Waals surface area contributed by atoms with Crippen molar-refractivity contribution in [1.82, 2.24) is 4.98 Å². The number of hydrogen-bond acceptors (Lipinski definition) is 5. The topological polar surface area (TPSA) is 77.2 Å². The molecular formula is C16H25N3O2. The van der Waals surface area contributed by atoms with Crippen LogP contribution in [0, 0.1) is 11.8 Å². The van der Waals surface area contributed by atoms with Crippen LogP contribution in [0.4, 0.5) is 11.5 Å². The highest BCUT2D eigenvalue weighted by Gasteiger charge is 2.25. The van der Waals surface area contributed by atoms with Gasteiger partial charge in [0.15, 0.2) is 0 Å². The molecule has 1 aliphatic carbocycles. The number of esters is 1. The molecule has 0 radical (unpaired) electrons. The van der Waals surface area contributed by atoms with Crippen LogP contribution in [0.15, 0.2) is 12.3 Å². The fourth-order valence-electron chi connectivity index (χ4n) is 3.00. The predicted octanol–water partition coefficient (Wildman–Crippen LogP) is 3.08. The van der Waals surface area contributed by atoms with Crippen molar-refractivity contribution in [3.8, 4) is 0 Å². The average molecular weight is 291 g/mol. The van der Waals surface area contributed by atoms with Crippen LogP contribution in [0.1, 0.15) is 50.4 Å². The Balaban J connectivity index is 2.10. The molecule has 116 valence electrons. The summed E-state index contributed by atoms with van der Waals surface area (Å²) >= 11 is 0. The van der Waals surface area contributed by atoms with Gasteiger partial charge in [-0.25, -0.2) is 9.78 Å². The zero-order valence-corrected chi connectivity index (χ0v) is 13.1. The SMILES string of the molecule is CCOC(=O)c1cc(NC2CCC(C)CC2C)ncc1N. The molecule has 1 saturated carbocycles. The molecule has 3 unspecified atom stereocenters. The minimum absolute atomic E-state index is 0.334. The number of aromatic nitrogens is 1. The first-order valence-corrected chi connectivity index (χ1v) is 7.70. The maximum atomic E-state index is 11.9. The normalized spacial score (nSPS) is 25.4. The van der Waals surface area contributed by atoms with Gasteiger partial charge in [0, 0.05) is 6.04 Å². The molecular weight excluding hydrogens is 266 g/mol. The van der Waals surface area contributed by atoms with Crippen LogP contribution in [-0.4, -0.2) is 23.6 Å². The molecule has 5 heteroatoms. The van der Waals surface area contributed by atoms with Crippen molar-refractivity contribution >= 4 is 17.5 Å². The number of carbonyl (C=O) groups is 1. The highest BCUT2D eigenvalue weighted by Crippen LogP contribution is 2.30. The molecule has 0 bridgehead atoms. The Morgan fingerprint density at radius 3 is 2.90 bits per heavy atom. The van der Waals surface area contributed by atoms with Crippen LogP contribution in [-0.2, 0) is 4.74 Å². The summed E-state index contributed by atoms with van der Waals surface area (Å²) in [5.41, 5.74) is 6.54.